The lowest BCUT2D eigenvalue weighted by atomic mass is 10.0. The summed E-state index contributed by atoms with van der Waals surface area (Å²) in [6, 6.07) is 4.36. The lowest BCUT2D eigenvalue weighted by molar-refractivity contribution is -0.143. The summed E-state index contributed by atoms with van der Waals surface area (Å²) in [6.45, 7) is 3.86. The molecule has 1 atom stereocenters. The summed E-state index contributed by atoms with van der Waals surface area (Å²) in [4.78, 5) is 27.7. The Hall–Kier alpha value is -2.11. The highest BCUT2D eigenvalue weighted by molar-refractivity contribution is 5.79. The monoisotopic (exact) mass is 280 g/mol. The minimum atomic E-state index is -1.21. The first-order valence-corrected chi connectivity index (χ1v) is 6.54. The molecule has 1 amide bonds. The predicted octanol–water partition coefficient (Wildman–Crippen LogP) is 2.10. The molecule has 110 valence electrons. The second kappa shape index (κ2) is 7.47. The zero-order chi connectivity index (χ0) is 15.1. The van der Waals surface area contributed by atoms with E-state index in [-0.39, 0.29) is 12.5 Å². The van der Waals surface area contributed by atoms with Crippen molar-refractivity contribution in [3.8, 4) is 0 Å². The summed E-state index contributed by atoms with van der Waals surface area (Å²) >= 11 is 0. The van der Waals surface area contributed by atoms with Crippen LogP contribution in [0, 0.1) is 5.92 Å². The first-order valence-electron chi connectivity index (χ1n) is 6.54. The number of aliphatic carboxylic acids is 1. The standard InChI is InChI=1S/C14H20N2O4/c1-10(2)9-12(13(17)18)16(14(19)20)8-6-11-5-3-4-7-15-11/h3-5,7,10,12H,6,8-9H2,1-2H3,(H,17,18)(H,19,20). The number of amides is 1. The normalized spacial score (nSPS) is 12.2. The molecule has 0 radical (unpaired) electrons. The van der Waals surface area contributed by atoms with Gasteiger partial charge in [0.15, 0.2) is 0 Å². The third-order valence-electron chi connectivity index (χ3n) is 2.94. The molecule has 6 heteroatoms. The lowest BCUT2D eigenvalue weighted by Crippen LogP contribution is -2.46. The first-order chi connectivity index (χ1) is 9.41. The van der Waals surface area contributed by atoms with Crippen molar-refractivity contribution < 1.29 is 19.8 Å². The van der Waals surface area contributed by atoms with Gasteiger partial charge in [-0.15, -0.1) is 0 Å². The Labute approximate surface area is 118 Å². The van der Waals surface area contributed by atoms with E-state index in [0.29, 0.717) is 12.8 Å². The number of rotatable bonds is 7. The molecule has 0 saturated carbocycles. The Balaban J connectivity index is 2.76. The summed E-state index contributed by atoms with van der Waals surface area (Å²) < 4.78 is 0. The first kappa shape index (κ1) is 15.9. The average molecular weight is 280 g/mol. The number of aromatic nitrogens is 1. The van der Waals surface area contributed by atoms with Crippen LogP contribution in [-0.4, -0.2) is 44.7 Å². The summed E-state index contributed by atoms with van der Waals surface area (Å²) in [5.74, 6) is -1.00. The van der Waals surface area contributed by atoms with E-state index >= 15 is 0 Å². The molecule has 0 saturated heterocycles. The highest BCUT2D eigenvalue weighted by Crippen LogP contribution is 2.13. The topological polar surface area (TPSA) is 90.7 Å². The van der Waals surface area contributed by atoms with Crippen molar-refractivity contribution in [2.75, 3.05) is 6.54 Å². The molecular weight excluding hydrogens is 260 g/mol. The summed E-state index contributed by atoms with van der Waals surface area (Å²) in [5.41, 5.74) is 0.743. The molecule has 1 heterocycles. The van der Waals surface area contributed by atoms with E-state index in [1.54, 1.807) is 18.3 Å². The van der Waals surface area contributed by atoms with Crippen molar-refractivity contribution >= 4 is 12.1 Å². The number of hydrogen-bond donors (Lipinski definition) is 2. The molecule has 1 aromatic heterocycles. The van der Waals surface area contributed by atoms with Crippen LogP contribution in [0.25, 0.3) is 0 Å². The van der Waals surface area contributed by atoms with Crippen LogP contribution >= 0.6 is 0 Å². The van der Waals surface area contributed by atoms with Crippen LogP contribution in [-0.2, 0) is 11.2 Å². The van der Waals surface area contributed by atoms with E-state index in [2.05, 4.69) is 4.98 Å². The average Bonchev–Trinajstić information content (AvgIpc) is 2.38. The third-order valence-corrected chi connectivity index (χ3v) is 2.94. The van der Waals surface area contributed by atoms with Gasteiger partial charge in [0, 0.05) is 24.9 Å². The second-order valence-electron chi connectivity index (χ2n) is 5.03. The van der Waals surface area contributed by atoms with Crippen molar-refractivity contribution in [3.05, 3.63) is 30.1 Å². The van der Waals surface area contributed by atoms with Gasteiger partial charge < -0.3 is 10.2 Å². The van der Waals surface area contributed by atoms with Gasteiger partial charge in [0.05, 0.1) is 0 Å². The molecule has 6 nitrogen and oxygen atoms in total. The number of hydrogen-bond acceptors (Lipinski definition) is 3. The van der Waals surface area contributed by atoms with Crippen molar-refractivity contribution in [2.24, 2.45) is 5.92 Å². The summed E-state index contributed by atoms with van der Waals surface area (Å²) in [5, 5.41) is 18.4. The van der Waals surface area contributed by atoms with Crippen LogP contribution in [0.5, 0.6) is 0 Å². The predicted molar refractivity (Wildman–Crippen MR) is 73.6 cm³/mol. The van der Waals surface area contributed by atoms with Gasteiger partial charge >= 0.3 is 12.1 Å². The third kappa shape index (κ3) is 4.87. The smallest absolute Gasteiger partial charge is 0.408 e. The Morgan fingerprint density at radius 3 is 2.45 bits per heavy atom. The largest absolute Gasteiger partial charge is 0.480 e. The number of carbonyl (C=O) groups is 2. The Morgan fingerprint density at radius 2 is 2.00 bits per heavy atom. The Kier molecular flexibility index (Phi) is 5.96. The molecule has 1 unspecified atom stereocenters. The number of carboxylic acids is 1. The van der Waals surface area contributed by atoms with Crippen molar-refractivity contribution in [1.82, 2.24) is 9.88 Å². The minimum Gasteiger partial charge on any atom is -0.480 e. The fourth-order valence-electron chi connectivity index (χ4n) is 1.97. The lowest BCUT2D eigenvalue weighted by Gasteiger charge is -2.27. The van der Waals surface area contributed by atoms with E-state index in [1.807, 2.05) is 19.9 Å². The summed E-state index contributed by atoms with van der Waals surface area (Å²) in [6.07, 6.45) is 1.11. The maximum absolute atomic E-state index is 11.3. The van der Waals surface area contributed by atoms with Gasteiger partial charge in [-0.1, -0.05) is 19.9 Å². The fourth-order valence-corrected chi connectivity index (χ4v) is 1.97. The van der Waals surface area contributed by atoms with Gasteiger partial charge in [0.1, 0.15) is 6.04 Å². The van der Waals surface area contributed by atoms with Crippen molar-refractivity contribution in [2.45, 2.75) is 32.7 Å². The highest BCUT2D eigenvalue weighted by Gasteiger charge is 2.29. The van der Waals surface area contributed by atoms with Gasteiger partial charge in [-0.05, 0) is 24.5 Å². The number of nitrogens with zero attached hydrogens (tertiary/aromatic N) is 2. The van der Waals surface area contributed by atoms with Crippen LogP contribution in [0.3, 0.4) is 0 Å². The Morgan fingerprint density at radius 1 is 1.30 bits per heavy atom. The van der Waals surface area contributed by atoms with Gasteiger partial charge in [0.25, 0.3) is 0 Å². The molecule has 0 aliphatic carbocycles. The molecule has 0 bridgehead atoms. The number of carboxylic acid groups (broad SMARTS) is 2. The van der Waals surface area contributed by atoms with Crippen molar-refractivity contribution in [1.29, 1.82) is 0 Å². The van der Waals surface area contributed by atoms with E-state index in [4.69, 9.17) is 0 Å². The fraction of sp³-hybridized carbons (Fsp3) is 0.500. The molecule has 0 aliphatic heterocycles. The van der Waals surface area contributed by atoms with E-state index in [0.717, 1.165) is 10.6 Å². The molecule has 1 rings (SSSR count). The molecule has 1 aromatic rings. The van der Waals surface area contributed by atoms with Gasteiger partial charge in [0.2, 0.25) is 0 Å². The second-order valence-corrected chi connectivity index (χ2v) is 5.03. The molecular formula is C14H20N2O4. The Bertz CT molecular complexity index is 448. The maximum Gasteiger partial charge on any atom is 0.408 e. The van der Waals surface area contributed by atoms with Crippen LogP contribution < -0.4 is 0 Å². The zero-order valence-corrected chi connectivity index (χ0v) is 11.7. The van der Waals surface area contributed by atoms with Crippen molar-refractivity contribution in [3.63, 3.8) is 0 Å². The molecule has 0 aromatic carbocycles. The zero-order valence-electron chi connectivity index (χ0n) is 11.7. The van der Waals surface area contributed by atoms with Gasteiger partial charge in [-0.3, -0.25) is 9.88 Å². The number of pyridine rings is 1. The SMILES string of the molecule is CC(C)CC(C(=O)O)N(CCc1ccccn1)C(=O)O. The maximum atomic E-state index is 11.3. The molecule has 0 spiro atoms. The van der Waals surface area contributed by atoms with E-state index in [1.165, 1.54) is 0 Å². The molecule has 2 N–H and O–H groups in total. The quantitative estimate of drug-likeness (QED) is 0.798. The minimum absolute atomic E-state index is 0.104. The molecule has 0 fully saturated rings. The summed E-state index contributed by atoms with van der Waals surface area (Å²) in [7, 11) is 0. The van der Waals surface area contributed by atoms with Crippen LogP contribution in [0.4, 0.5) is 4.79 Å². The van der Waals surface area contributed by atoms with Gasteiger partial charge in [-0.2, -0.15) is 0 Å². The molecule has 0 aliphatic rings. The van der Waals surface area contributed by atoms with Crippen LogP contribution in [0.15, 0.2) is 24.4 Å². The van der Waals surface area contributed by atoms with E-state index in [9.17, 15) is 19.8 Å². The van der Waals surface area contributed by atoms with Crippen LogP contribution in [0.1, 0.15) is 26.0 Å². The van der Waals surface area contributed by atoms with Crippen LogP contribution in [0.2, 0.25) is 0 Å². The molecule has 20 heavy (non-hydrogen) atoms. The van der Waals surface area contributed by atoms with E-state index < -0.39 is 18.1 Å². The van der Waals surface area contributed by atoms with Gasteiger partial charge in [-0.25, -0.2) is 9.59 Å². The highest BCUT2D eigenvalue weighted by atomic mass is 16.4.